The topological polar surface area (TPSA) is 12.0 Å². The molecular formula is C19H24ClN. The Balaban J connectivity index is 2.20. The van der Waals surface area contributed by atoms with Gasteiger partial charge in [0.1, 0.15) is 0 Å². The van der Waals surface area contributed by atoms with Crippen LogP contribution in [0.3, 0.4) is 0 Å². The highest BCUT2D eigenvalue weighted by atomic mass is 35.5. The van der Waals surface area contributed by atoms with Crippen molar-refractivity contribution in [2.75, 3.05) is 0 Å². The average molecular weight is 302 g/mol. The molecule has 0 fully saturated rings. The lowest BCUT2D eigenvalue weighted by molar-refractivity contribution is 0.357. The predicted molar refractivity (Wildman–Crippen MR) is 91.6 cm³/mol. The molecule has 0 aliphatic carbocycles. The van der Waals surface area contributed by atoms with Gasteiger partial charge >= 0.3 is 0 Å². The molecule has 2 rings (SSSR count). The largest absolute Gasteiger partial charge is 0.303 e. The third-order valence-corrected chi connectivity index (χ3v) is 4.14. The summed E-state index contributed by atoms with van der Waals surface area (Å²) in [6.07, 6.45) is 1.05. The summed E-state index contributed by atoms with van der Waals surface area (Å²) in [4.78, 5) is 0. The van der Waals surface area contributed by atoms with Crippen molar-refractivity contribution in [3.05, 3.63) is 70.7 Å². The lowest BCUT2D eigenvalue weighted by Crippen LogP contribution is -2.29. The summed E-state index contributed by atoms with van der Waals surface area (Å²) in [5.74, 6) is 0.536. The number of rotatable bonds is 6. The minimum atomic E-state index is 0.342. The van der Waals surface area contributed by atoms with Crippen molar-refractivity contribution in [2.45, 2.75) is 39.3 Å². The van der Waals surface area contributed by atoms with Crippen LogP contribution in [0.15, 0.2) is 54.6 Å². The second-order valence-electron chi connectivity index (χ2n) is 5.81. The van der Waals surface area contributed by atoms with Gasteiger partial charge in [-0.15, -0.1) is 0 Å². The van der Waals surface area contributed by atoms with Crippen molar-refractivity contribution < 1.29 is 0 Å². The van der Waals surface area contributed by atoms with Crippen LogP contribution in [0.2, 0.25) is 5.02 Å². The van der Waals surface area contributed by atoms with Crippen LogP contribution in [0, 0.1) is 5.92 Å². The number of benzene rings is 2. The van der Waals surface area contributed by atoms with Gasteiger partial charge in [0.05, 0.1) is 0 Å². The van der Waals surface area contributed by atoms with Crippen molar-refractivity contribution in [3.8, 4) is 0 Å². The van der Waals surface area contributed by atoms with Gasteiger partial charge in [0.2, 0.25) is 0 Å². The number of nitrogens with one attached hydrogen (secondary N) is 1. The summed E-state index contributed by atoms with van der Waals surface area (Å²) >= 11 is 5.99. The maximum absolute atomic E-state index is 5.99. The fourth-order valence-electron chi connectivity index (χ4n) is 2.70. The molecule has 0 amide bonds. The van der Waals surface area contributed by atoms with E-state index >= 15 is 0 Å². The van der Waals surface area contributed by atoms with E-state index in [9.17, 15) is 0 Å². The van der Waals surface area contributed by atoms with Crippen molar-refractivity contribution in [3.63, 3.8) is 0 Å². The first-order valence-electron chi connectivity index (χ1n) is 7.68. The second kappa shape index (κ2) is 7.63. The van der Waals surface area contributed by atoms with Crippen LogP contribution in [0.1, 0.15) is 50.4 Å². The van der Waals surface area contributed by atoms with E-state index in [0.29, 0.717) is 18.0 Å². The Hall–Kier alpha value is -1.31. The summed E-state index contributed by atoms with van der Waals surface area (Å²) in [5.41, 5.74) is 2.64. The quantitative estimate of drug-likeness (QED) is 0.713. The monoisotopic (exact) mass is 301 g/mol. The lowest BCUT2D eigenvalue weighted by Gasteiger charge is -2.29. The van der Waals surface area contributed by atoms with Crippen molar-refractivity contribution in [2.24, 2.45) is 5.92 Å². The fraction of sp³-hybridized carbons (Fsp3) is 0.368. The van der Waals surface area contributed by atoms with Crippen LogP contribution in [-0.4, -0.2) is 0 Å². The van der Waals surface area contributed by atoms with Crippen molar-refractivity contribution in [1.29, 1.82) is 0 Å². The Morgan fingerprint density at radius 3 is 2.05 bits per heavy atom. The van der Waals surface area contributed by atoms with Crippen LogP contribution in [0.4, 0.5) is 0 Å². The molecule has 0 saturated carbocycles. The molecule has 0 saturated heterocycles. The molecule has 0 bridgehead atoms. The molecule has 1 nitrogen and oxygen atoms in total. The van der Waals surface area contributed by atoms with Gasteiger partial charge in [-0.05, 0) is 35.6 Å². The second-order valence-corrected chi connectivity index (χ2v) is 6.25. The molecule has 0 heterocycles. The number of hydrogen-bond acceptors (Lipinski definition) is 1. The smallest absolute Gasteiger partial charge is 0.0406 e. The predicted octanol–water partition coefficient (Wildman–Crippen LogP) is 5.78. The molecule has 0 aliphatic heterocycles. The summed E-state index contributed by atoms with van der Waals surface area (Å²) in [6.45, 7) is 6.74. The molecule has 2 unspecified atom stereocenters. The van der Waals surface area contributed by atoms with Crippen LogP contribution in [0.25, 0.3) is 0 Å². The third kappa shape index (κ3) is 4.33. The molecule has 0 aliphatic rings. The molecule has 2 aromatic rings. The molecule has 2 heteroatoms. The SMILES string of the molecule is CCC(NC(c1ccccc1)C(C)C)c1ccc(Cl)cc1. The zero-order valence-electron chi connectivity index (χ0n) is 13.0. The van der Waals surface area contributed by atoms with E-state index in [4.69, 9.17) is 11.6 Å². The molecular weight excluding hydrogens is 278 g/mol. The summed E-state index contributed by atoms with van der Waals surface area (Å²) < 4.78 is 0. The maximum Gasteiger partial charge on any atom is 0.0406 e. The van der Waals surface area contributed by atoms with Crippen LogP contribution < -0.4 is 5.32 Å². The van der Waals surface area contributed by atoms with Gasteiger partial charge in [-0.1, -0.05) is 74.8 Å². The lowest BCUT2D eigenvalue weighted by atomic mass is 9.93. The summed E-state index contributed by atoms with van der Waals surface area (Å²) in [6, 6.07) is 19.5. The highest BCUT2D eigenvalue weighted by Gasteiger charge is 2.20. The van der Waals surface area contributed by atoms with Crippen LogP contribution in [-0.2, 0) is 0 Å². The molecule has 0 spiro atoms. The third-order valence-electron chi connectivity index (χ3n) is 3.89. The van der Waals surface area contributed by atoms with E-state index in [2.05, 4.69) is 68.6 Å². The average Bonchev–Trinajstić information content (AvgIpc) is 2.50. The van der Waals surface area contributed by atoms with Gasteiger partial charge in [-0.2, -0.15) is 0 Å². The van der Waals surface area contributed by atoms with E-state index in [1.54, 1.807) is 0 Å². The Labute approximate surface area is 133 Å². The minimum absolute atomic E-state index is 0.342. The summed E-state index contributed by atoms with van der Waals surface area (Å²) in [7, 11) is 0. The zero-order valence-corrected chi connectivity index (χ0v) is 13.8. The van der Waals surface area contributed by atoms with Gasteiger partial charge in [0.15, 0.2) is 0 Å². The highest BCUT2D eigenvalue weighted by molar-refractivity contribution is 6.30. The highest BCUT2D eigenvalue weighted by Crippen LogP contribution is 2.27. The van der Waals surface area contributed by atoms with E-state index in [-0.39, 0.29) is 0 Å². The van der Waals surface area contributed by atoms with E-state index in [0.717, 1.165) is 11.4 Å². The maximum atomic E-state index is 5.99. The van der Waals surface area contributed by atoms with Crippen LogP contribution >= 0.6 is 11.6 Å². The Kier molecular flexibility index (Phi) is 5.84. The Morgan fingerprint density at radius 1 is 0.905 bits per heavy atom. The standard InChI is InChI=1S/C19H24ClN/c1-4-18(15-10-12-17(20)13-11-15)21-19(14(2)3)16-8-6-5-7-9-16/h5-14,18-19,21H,4H2,1-3H3. The molecule has 112 valence electrons. The Morgan fingerprint density at radius 2 is 1.52 bits per heavy atom. The van der Waals surface area contributed by atoms with Gasteiger partial charge in [-0.3, -0.25) is 0 Å². The number of halogens is 1. The summed E-state index contributed by atoms with van der Waals surface area (Å²) in [5, 5.41) is 4.60. The number of hydrogen-bond donors (Lipinski definition) is 1. The molecule has 0 radical (unpaired) electrons. The normalized spacial score (nSPS) is 14.1. The van der Waals surface area contributed by atoms with Gasteiger partial charge in [0, 0.05) is 17.1 Å². The molecule has 2 aromatic carbocycles. The molecule has 21 heavy (non-hydrogen) atoms. The van der Waals surface area contributed by atoms with E-state index in [1.165, 1.54) is 11.1 Å². The van der Waals surface area contributed by atoms with Crippen molar-refractivity contribution >= 4 is 11.6 Å². The minimum Gasteiger partial charge on any atom is -0.303 e. The zero-order chi connectivity index (χ0) is 15.2. The first kappa shape index (κ1) is 16.1. The van der Waals surface area contributed by atoms with Gasteiger partial charge in [0.25, 0.3) is 0 Å². The van der Waals surface area contributed by atoms with Gasteiger partial charge in [-0.25, -0.2) is 0 Å². The first-order valence-corrected chi connectivity index (χ1v) is 8.06. The molecule has 0 aromatic heterocycles. The molecule has 1 N–H and O–H groups in total. The fourth-order valence-corrected chi connectivity index (χ4v) is 2.82. The molecule has 2 atom stereocenters. The first-order chi connectivity index (χ1) is 10.1. The van der Waals surface area contributed by atoms with E-state index in [1.807, 2.05) is 12.1 Å². The van der Waals surface area contributed by atoms with Gasteiger partial charge < -0.3 is 5.32 Å². The van der Waals surface area contributed by atoms with E-state index < -0.39 is 0 Å². The van der Waals surface area contributed by atoms with Crippen molar-refractivity contribution in [1.82, 2.24) is 5.32 Å². The Bertz CT molecular complexity index is 533. The van der Waals surface area contributed by atoms with Crippen LogP contribution in [0.5, 0.6) is 0 Å².